The Hall–Kier alpha value is -2.71. The van der Waals surface area contributed by atoms with Crippen LogP contribution >= 0.6 is 23.1 Å². The molecule has 0 saturated heterocycles. The minimum Gasteiger partial charge on any atom is -0.478 e. The average molecular weight is 416 g/mol. The molecule has 0 bridgehead atoms. The van der Waals surface area contributed by atoms with E-state index < -0.39 is 17.8 Å². The summed E-state index contributed by atoms with van der Waals surface area (Å²) in [7, 11) is 0. The normalized spacial score (nSPS) is 12.1. The van der Waals surface area contributed by atoms with Gasteiger partial charge in [0, 0.05) is 5.75 Å². The number of hydrogen-bond donors (Lipinski definition) is 1. The van der Waals surface area contributed by atoms with Crippen LogP contribution in [-0.4, -0.2) is 28.0 Å². The lowest BCUT2D eigenvalue weighted by Gasteiger charge is -2.13. The number of amides is 1. The van der Waals surface area contributed by atoms with Crippen molar-refractivity contribution in [1.82, 2.24) is 10.2 Å². The number of carbonyl (C=O) groups excluding carboxylic acids is 1. The quantitative estimate of drug-likeness (QED) is 0.419. The molecular formula is C20H18FN3O2S2. The fraction of sp³-hybridized carbons (Fsp3) is 0.150. The third-order valence-electron chi connectivity index (χ3n) is 3.56. The Bertz CT molecular complexity index is 947. The van der Waals surface area contributed by atoms with Crippen LogP contribution in [0.4, 0.5) is 9.52 Å². The smallest absolute Gasteiger partial charge is 0.266 e. The minimum atomic E-state index is -0.870. The SMILES string of the molecule is CC(Oc1ccccc1F)C(=O)Nc1nnc(SC/C=C/c2ccccc2)s1. The lowest BCUT2D eigenvalue weighted by Crippen LogP contribution is -2.30. The summed E-state index contributed by atoms with van der Waals surface area (Å²) in [5.74, 6) is -0.159. The maximum absolute atomic E-state index is 13.6. The first kappa shape index (κ1) is 20.0. The van der Waals surface area contributed by atoms with Crippen LogP contribution in [0.5, 0.6) is 5.75 Å². The highest BCUT2D eigenvalue weighted by Gasteiger charge is 2.18. The van der Waals surface area contributed by atoms with E-state index in [0.29, 0.717) is 5.13 Å². The molecular weight excluding hydrogens is 397 g/mol. The zero-order valence-corrected chi connectivity index (χ0v) is 16.7. The molecule has 1 atom stereocenters. The van der Waals surface area contributed by atoms with E-state index in [0.717, 1.165) is 15.7 Å². The highest BCUT2D eigenvalue weighted by molar-refractivity contribution is 8.01. The number of nitrogens with zero attached hydrogens (tertiary/aromatic N) is 2. The second-order valence-corrected chi connectivity index (χ2v) is 7.92. The molecule has 0 aliphatic heterocycles. The molecule has 1 amide bonds. The molecule has 28 heavy (non-hydrogen) atoms. The minimum absolute atomic E-state index is 0.0314. The number of anilines is 1. The standard InChI is InChI=1S/C20H18FN3O2S2/c1-14(26-17-12-6-5-11-16(17)21)18(25)22-19-23-24-20(28-19)27-13-7-10-15-8-3-2-4-9-15/h2-12,14H,13H2,1H3,(H,22,23,25)/b10-7+. The van der Waals surface area contributed by atoms with Crippen molar-refractivity contribution < 1.29 is 13.9 Å². The number of carbonyl (C=O) groups is 1. The van der Waals surface area contributed by atoms with Crippen molar-refractivity contribution in [3.63, 3.8) is 0 Å². The monoisotopic (exact) mass is 415 g/mol. The molecule has 144 valence electrons. The van der Waals surface area contributed by atoms with Crippen LogP contribution in [0, 0.1) is 5.82 Å². The zero-order valence-electron chi connectivity index (χ0n) is 15.0. The van der Waals surface area contributed by atoms with Gasteiger partial charge in [0.15, 0.2) is 22.0 Å². The van der Waals surface area contributed by atoms with E-state index >= 15 is 0 Å². The Morgan fingerprint density at radius 2 is 1.96 bits per heavy atom. The number of thioether (sulfide) groups is 1. The lowest BCUT2D eigenvalue weighted by atomic mass is 10.2. The summed E-state index contributed by atoms with van der Waals surface area (Å²) in [6.45, 7) is 1.55. The molecule has 1 N–H and O–H groups in total. The van der Waals surface area contributed by atoms with Gasteiger partial charge in [0.2, 0.25) is 5.13 Å². The van der Waals surface area contributed by atoms with Gasteiger partial charge in [0.25, 0.3) is 5.91 Å². The van der Waals surface area contributed by atoms with Gasteiger partial charge in [-0.3, -0.25) is 10.1 Å². The van der Waals surface area contributed by atoms with Gasteiger partial charge in [-0.1, -0.05) is 77.7 Å². The number of aromatic nitrogens is 2. The van der Waals surface area contributed by atoms with Crippen molar-refractivity contribution >= 4 is 40.2 Å². The van der Waals surface area contributed by atoms with Gasteiger partial charge in [0.1, 0.15) is 0 Å². The van der Waals surface area contributed by atoms with Gasteiger partial charge in [-0.25, -0.2) is 4.39 Å². The predicted molar refractivity (Wildman–Crippen MR) is 111 cm³/mol. The first-order chi connectivity index (χ1) is 13.6. The van der Waals surface area contributed by atoms with Crippen LogP contribution in [0.15, 0.2) is 65.0 Å². The van der Waals surface area contributed by atoms with Crippen molar-refractivity contribution in [1.29, 1.82) is 0 Å². The number of para-hydroxylation sites is 1. The molecule has 8 heteroatoms. The van der Waals surface area contributed by atoms with E-state index in [1.54, 1.807) is 19.1 Å². The Labute approximate surface area is 170 Å². The first-order valence-electron chi connectivity index (χ1n) is 8.52. The van der Waals surface area contributed by atoms with Gasteiger partial charge < -0.3 is 4.74 Å². The van der Waals surface area contributed by atoms with Crippen molar-refractivity contribution in [2.45, 2.75) is 17.4 Å². The molecule has 5 nitrogen and oxygen atoms in total. The van der Waals surface area contributed by atoms with Crippen molar-refractivity contribution in [3.8, 4) is 5.75 Å². The maximum atomic E-state index is 13.6. The van der Waals surface area contributed by atoms with E-state index in [1.807, 2.05) is 42.5 Å². The molecule has 1 unspecified atom stereocenters. The Kier molecular flexibility index (Phi) is 7.16. The van der Waals surface area contributed by atoms with Gasteiger partial charge in [-0.15, -0.1) is 10.2 Å². The van der Waals surface area contributed by atoms with Crippen LogP contribution < -0.4 is 10.1 Å². The third kappa shape index (κ3) is 5.90. The Balaban J connectivity index is 1.47. The van der Waals surface area contributed by atoms with Crippen LogP contribution in [0.25, 0.3) is 6.08 Å². The van der Waals surface area contributed by atoms with Gasteiger partial charge >= 0.3 is 0 Å². The number of nitrogens with one attached hydrogen (secondary N) is 1. The largest absolute Gasteiger partial charge is 0.478 e. The fourth-order valence-electron chi connectivity index (χ4n) is 2.18. The molecule has 0 aliphatic carbocycles. The summed E-state index contributed by atoms with van der Waals surface area (Å²) in [4.78, 5) is 12.2. The van der Waals surface area contributed by atoms with Gasteiger partial charge in [-0.2, -0.15) is 0 Å². The Morgan fingerprint density at radius 1 is 1.21 bits per heavy atom. The first-order valence-corrected chi connectivity index (χ1v) is 10.3. The summed E-state index contributed by atoms with van der Waals surface area (Å²) in [5, 5.41) is 11.0. The van der Waals surface area contributed by atoms with Crippen molar-refractivity contribution in [2.24, 2.45) is 0 Å². The van der Waals surface area contributed by atoms with Crippen LogP contribution in [0.1, 0.15) is 12.5 Å². The molecule has 0 aliphatic rings. The number of ether oxygens (including phenoxy) is 1. The molecule has 1 heterocycles. The second kappa shape index (κ2) is 10.0. The number of benzene rings is 2. The highest BCUT2D eigenvalue weighted by atomic mass is 32.2. The predicted octanol–water partition coefficient (Wildman–Crippen LogP) is 4.89. The summed E-state index contributed by atoms with van der Waals surface area (Å²) in [5.41, 5.74) is 1.14. The average Bonchev–Trinajstić information content (AvgIpc) is 3.15. The van der Waals surface area contributed by atoms with Crippen molar-refractivity contribution in [3.05, 3.63) is 72.1 Å². The molecule has 0 saturated carbocycles. The number of rotatable bonds is 8. The molecule has 3 aromatic rings. The van der Waals surface area contributed by atoms with E-state index in [1.165, 1.54) is 35.2 Å². The zero-order chi connectivity index (χ0) is 19.8. The van der Waals surface area contributed by atoms with Gasteiger partial charge in [0.05, 0.1) is 0 Å². The summed E-state index contributed by atoms with van der Waals surface area (Å²) in [6, 6.07) is 16.0. The van der Waals surface area contributed by atoms with E-state index in [9.17, 15) is 9.18 Å². The summed E-state index contributed by atoms with van der Waals surface area (Å²) in [6.07, 6.45) is 3.22. The molecule has 3 rings (SSSR count). The number of halogens is 1. The fourth-order valence-corrected chi connectivity index (χ4v) is 3.77. The van der Waals surface area contributed by atoms with Crippen LogP contribution in [0.2, 0.25) is 0 Å². The van der Waals surface area contributed by atoms with Gasteiger partial charge in [-0.05, 0) is 24.6 Å². The molecule has 0 radical (unpaired) electrons. The van der Waals surface area contributed by atoms with Crippen LogP contribution in [-0.2, 0) is 4.79 Å². The molecule has 1 aromatic heterocycles. The maximum Gasteiger partial charge on any atom is 0.266 e. The molecule has 0 fully saturated rings. The van der Waals surface area contributed by atoms with Crippen molar-refractivity contribution in [2.75, 3.05) is 11.1 Å². The summed E-state index contributed by atoms with van der Waals surface area (Å²) >= 11 is 2.81. The summed E-state index contributed by atoms with van der Waals surface area (Å²) < 4.78 is 19.7. The Morgan fingerprint density at radius 3 is 2.75 bits per heavy atom. The topological polar surface area (TPSA) is 64.1 Å². The lowest BCUT2D eigenvalue weighted by molar-refractivity contribution is -0.122. The number of hydrogen-bond acceptors (Lipinski definition) is 6. The molecule has 2 aromatic carbocycles. The highest BCUT2D eigenvalue weighted by Crippen LogP contribution is 2.26. The second-order valence-electron chi connectivity index (χ2n) is 5.68. The van der Waals surface area contributed by atoms with E-state index in [4.69, 9.17) is 4.74 Å². The van der Waals surface area contributed by atoms with Crippen LogP contribution in [0.3, 0.4) is 0 Å². The molecule has 0 spiro atoms. The third-order valence-corrected chi connectivity index (χ3v) is 5.48. The van der Waals surface area contributed by atoms with E-state index in [-0.39, 0.29) is 5.75 Å². The van der Waals surface area contributed by atoms with E-state index in [2.05, 4.69) is 15.5 Å².